The van der Waals surface area contributed by atoms with Crippen LogP contribution in [-0.2, 0) is 4.74 Å². The van der Waals surface area contributed by atoms with Crippen molar-refractivity contribution in [1.82, 2.24) is 30.2 Å². The predicted molar refractivity (Wildman–Crippen MR) is 103 cm³/mol. The summed E-state index contributed by atoms with van der Waals surface area (Å²) in [6.07, 6.45) is 7.62. The Labute approximate surface area is 167 Å². The molecule has 1 saturated heterocycles. The molecule has 0 bridgehead atoms. The summed E-state index contributed by atoms with van der Waals surface area (Å²) in [6.45, 7) is 3.14. The first-order valence-electron chi connectivity index (χ1n) is 9.94. The number of carbonyl (C=O) groups excluding carboxylic acids is 1. The second kappa shape index (κ2) is 7.40. The second-order valence-corrected chi connectivity index (χ2v) is 7.54. The maximum Gasteiger partial charge on any atom is 0.259 e. The molecule has 4 heterocycles. The Morgan fingerprint density at radius 1 is 1.28 bits per heavy atom. The Bertz CT molecular complexity index is 1020. The highest BCUT2D eigenvalue weighted by Gasteiger charge is 2.29. The number of carbonyl (C=O) groups is 1. The lowest BCUT2D eigenvalue weighted by atomic mass is 10.2. The first-order chi connectivity index (χ1) is 14.2. The van der Waals surface area contributed by atoms with E-state index in [1.807, 2.05) is 19.1 Å². The van der Waals surface area contributed by atoms with E-state index in [9.17, 15) is 4.79 Å². The van der Waals surface area contributed by atoms with Gasteiger partial charge in [0.25, 0.3) is 11.8 Å². The number of nitrogens with zero attached hydrogens (tertiary/aromatic N) is 5. The van der Waals surface area contributed by atoms with Crippen LogP contribution in [0.5, 0.6) is 0 Å². The SMILES string of the molecule is Cc1c(C(=O)NC[C@@H]2CCCO2)cnn1-c1ccc(-c2nc(C3CC3)no2)cn1. The Balaban J connectivity index is 1.29. The van der Waals surface area contributed by atoms with Crippen LogP contribution in [-0.4, -0.2) is 50.1 Å². The van der Waals surface area contributed by atoms with E-state index in [1.54, 1.807) is 17.1 Å². The van der Waals surface area contributed by atoms with Crippen molar-refractivity contribution < 1.29 is 14.1 Å². The topological polar surface area (TPSA) is 108 Å². The zero-order chi connectivity index (χ0) is 19.8. The van der Waals surface area contributed by atoms with Crippen LogP contribution in [0.25, 0.3) is 17.3 Å². The molecule has 0 spiro atoms. The third-order valence-corrected chi connectivity index (χ3v) is 5.36. The fraction of sp³-hybridized carbons (Fsp3) is 0.450. The summed E-state index contributed by atoms with van der Waals surface area (Å²) >= 11 is 0. The summed E-state index contributed by atoms with van der Waals surface area (Å²) < 4.78 is 12.5. The van der Waals surface area contributed by atoms with Crippen LogP contribution >= 0.6 is 0 Å². The molecule has 3 aromatic rings. The summed E-state index contributed by atoms with van der Waals surface area (Å²) in [5.41, 5.74) is 2.01. The highest BCUT2D eigenvalue weighted by molar-refractivity contribution is 5.95. The lowest BCUT2D eigenvalue weighted by Crippen LogP contribution is -2.32. The minimum Gasteiger partial charge on any atom is -0.376 e. The molecule has 0 aromatic carbocycles. The predicted octanol–water partition coefficient (Wildman–Crippen LogP) is 2.41. The summed E-state index contributed by atoms with van der Waals surface area (Å²) in [6, 6.07) is 3.69. The molecule has 9 nitrogen and oxygen atoms in total. The van der Waals surface area contributed by atoms with Gasteiger partial charge < -0.3 is 14.6 Å². The third kappa shape index (κ3) is 3.65. The maximum absolute atomic E-state index is 12.5. The average Bonchev–Trinajstić information content (AvgIpc) is 3.13. The summed E-state index contributed by atoms with van der Waals surface area (Å²) in [5.74, 6) is 2.14. The van der Waals surface area contributed by atoms with Crippen molar-refractivity contribution in [2.45, 2.75) is 44.6 Å². The first kappa shape index (κ1) is 18.0. The molecule has 2 aliphatic rings. The van der Waals surface area contributed by atoms with Crippen molar-refractivity contribution in [3.05, 3.63) is 41.6 Å². The van der Waals surface area contributed by atoms with Gasteiger partial charge in [-0.15, -0.1) is 0 Å². The van der Waals surface area contributed by atoms with Gasteiger partial charge in [0.2, 0.25) is 0 Å². The van der Waals surface area contributed by atoms with Gasteiger partial charge in [-0.05, 0) is 44.7 Å². The highest BCUT2D eigenvalue weighted by Crippen LogP contribution is 2.38. The smallest absolute Gasteiger partial charge is 0.259 e. The number of aromatic nitrogens is 5. The Kier molecular flexibility index (Phi) is 4.59. The van der Waals surface area contributed by atoms with Crippen LogP contribution in [0.4, 0.5) is 0 Å². The van der Waals surface area contributed by atoms with Crippen molar-refractivity contribution >= 4 is 5.91 Å². The van der Waals surface area contributed by atoms with Gasteiger partial charge in [-0.3, -0.25) is 4.79 Å². The molecule has 1 aliphatic carbocycles. The van der Waals surface area contributed by atoms with Gasteiger partial charge in [0, 0.05) is 25.3 Å². The molecule has 2 fully saturated rings. The number of pyridine rings is 1. The van der Waals surface area contributed by atoms with E-state index in [0.717, 1.165) is 49.4 Å². The van der Waals surface area contributed by atoms with Crippen LogP contribution in [0.3, 0.4) is 0 Å². The zero-order valence-corrected chi connectivity index (χ0v) is 16.2. The van der Waals surface area contributed by atoms with Gasteiger partial charge in [-0.25, -0.2) is 9.67 Å². The lowest BCUT2D eigenvalue weighted by Gasteiger charge is -2.10. The molecule has 5 rings (SSSR count). The van der Waals surface area contributed by atoms with Gasteiger partial charge in [-0.2, -0.15) is 10.1 Å². The van der Waals surface area contributed by atoms with E-state index in [1.165, 1.54) is 0 Å². The van der Waals surface area contributed by atoms with Crippen LogP contribution in [0.2, 0.25) is 0 Å². The molecule has 1 aliphatic heterocycles. The van der Waals surface area contributed by atoms with Crippen molar-refractivity contribution in [3.63, 3.8) is 0 Å². The molecule has 9 heteroatoms. The Morgan fingerprint density at radius 2 is 2.17 bits per heavy atom. The van der Waals surface area contributed by atoms with E-state index >= 15 is 0 Å². The van der Waals surface area contributed by atoms with Gasteiger partial charge >= 0.3 is 0 Å². The van der Waals surface area contributed by atoms with Crippen LogP contribution < -0.4 is 5.32 Å². The molecule has 0 unspecified atom stereocenters. The molecule has 0 radical (unpaired) electrons. The third-order valence-electron chi connectivity index (χ3n) is 5.36. The van der Waals surface area contributed by atoms with Gasteiger partial charge in [0.05, 0.1) is 29.1 Å². The molecule has 1 saturated carbocycles. The summed E-state index contributed by atoms with van der Waals surface area (Å²) in [7, 11) is 0. The minimum absolute atomic E-state index is 0.105. The van der Waals surface area contributed by atoms with E-state index in [4.69, 9.17) is 9.26 Å². The number of hydrogen-bond acceptors (Lipinski definition) is 7. The highest BCUT2D eigenvalue weighted by atomic mass is 16.5. The largest absolute Gasteiger partial charge is 0.376 e. The molecule has 1 N–H and O–H groups in total. The number of nitrogens with one attached hydrogen (secondary N) is 1. The number of ether oxygens (including phenoxy) is 1. The monoisotopic (exact) mass is 394 g/mol. The molecule has 150 valence electrons. The Hall–Kier alpha value is -3.07. The molecular formula is C20H22N6O3. The van der Waals surface area contributed by atoms with Crippen molar-refractivity contribution in [2.75, 3.05) is 13.2 Å². The minimum atomic E-state index is -0.153. The van der Waals surface area contributed by atoms with Crippen LogP contribution in [0, 0.1) is 6.92 Å². The van der Waals surface area contributed by atoms with E-state index in [-0.39, 0.29) is 12.0 Å². The fourth-order valence-electron chi connectivity index (χ4n) is 3.47. The average molecular weight is 394 g/mol. The van der Waals surface area contributed by atoms with Gasteiger partial charge in [0.1, 0.15) is 0 Å². The van der Waals surface area contributed by atoms with E-state index in [0.29, 0.717) is 29.7 Å². The molecule has 1 atom stereocenters. The molecular weight excluding hydrogens is 372 g/mol. The van der Waals surface area contributed by atoms with Crippen molar-refractivity contribution in [1.29, 1.82) is 0 Å². The molecule has 3 aromatic heterocycles. The summed E-state index contributed by atoms with van der Waals surface area (Å²) in [5, 5.41) is 11.3. The van der Waals surface area contributed by atoms with Crippen LogP contribution in [0.1, 0.15) is 53.5 Å². The number of hydrogen-bond donors (Lipinski definition) is 1. The van der Waals surface area contributed by atoms with Gasteiger partial charge in [-0.1, -0.05) is 5.16 Å². The van der Waals surface area contributed by atoms with Crippen LogP contribution in [0.15, 0.2) is 29.0 Å². The van der Waals surface area contributed by atoms with Gasteiger partial charge in [0.15, 0.2) is 11.6 Å². The maximum atomic E-state index is 12.5. The van der Waals surface area contributed by atoms with E-state index < -0.39 is 0 Å². The second-order valence-electron chi connectivity index (χ2n) is 7.54. The quantitative estimate of drug-likeness (QED) is 0.684. The molecule has 29 heavy (non-hydrogen) atoms. The fourth-order valence-corrected chi connectivity index (χ4v) is 3.47. The number of amides is 1. The van der Waals surface area contributed by atoms with Crippen molar-refractivity contribution in [2.24, 2.45) is 0 Å². The zero-order valence-electron chi connectivity index (χ0n) is 16.2. The summed E-state index contributed by atoms with van der Waals surface area (Å²) in [4.78, 5) is 21.4. The standard InChI is InChI=1S/C20H22N6O3/c1-12-16(19(27)22-10-15-3-2-8-28-15)11-23-26(12)17-7-6-14(9-21-17)20-24-18(25-29-20)13-4-5-13/h6-7,9,11,13,15H,2-5,8,10H2,1H3,(H,22,27)/t15-/m0/s1. The normalized spacial score (nSPS) is 18.9. The molecule has 1 amide bonds. The van der Waals surface area contributed by atoms with E-state index in [2.05, 4.69) is 25.5 Å². The Morgan fingerprint density at radius 3 is 2.90 bits per heavy atom. The van der Waals surface area contributed by atoms with Crippen molar-refractivity contribution in [3.8, 4) is 17.3 Å². The first-order valence-corrected chi connectivity index (χ1v) is 9.94. The lowest BCUT2D eigenvalue weighted by molar-refractivity contribution is 0.0857. The number of rotatable bonds is 6.